The smallest absolute Gasteiger partial charge is 0.407 e. The van der Waals surface area contributed by atoms with Gasteiger partial charge in [-0.05, 0) is 31.4 Å². The molecule has 1 aromatic heterocycles. The highest BCUT2D eigenvalue weighted by atomic mass is 16.5. The fraction of sp³-hybridized carbons (Fsp3) is 0.400. The quantitative estimate of drug-likeness (QED) is 0.758. The highest BCUT2D eigenvalue weighted by molar-refractivity contribution is 5.82. The molecule has 2 amide bonds. The average molecular weight is 383 g/mol. The van der Waals surface area contributed by atoms with E-state index in [0.29, 0.717) is 5.95 Å². The monoisotopic (exact) mass is 383 g/mol. The molecular weight excluding hydrogens is 358 g/mol. The predicted molar refractivity (Wildman–Crippen MR) is 105 cm³/mol. The largest absolute Gasteiger partial charge is 0.445 e. The summed E-state index contributed by atoms with van der Waals surface area (Å²) in [6.07, 6.45) is 1.67. The van der Waals surface area contributed by atoms with Crippen LogP contribution in [0.25, 0.3) is 0 Å². The van der Waals surface area contributed by atoms with Gasteiger partial charge in [-0.15, -0.1) is 0 Å². The Morgan fingerprint density at radius 1 is 1.11 bits per heavy atom. The van der Waals surface area contributed by atoms with E-state index in [1.807, 2.05) is 43.3 Å². The minimum absolute atomic E-state index is 0.156. The van der Waals surface area contributed by atoms with Gasteiger partial charge in [0.2, 0.25) is 11.9 Å². The molecule has 2 heterocycles. The molecule has 1 saturated heterocycles. The Morgan fingerprint density at radius 2 is 1.86 bits per heavy atom. The third kappa shape index (κ3) is 5.94. The minimum Gasteiger partial charge on any atom is -0.445 e. The lowest BCUT2D eigenvalue weighted by molar-refractivity contribution is -0.120. The van der Waals surface area contributed by atoms with Crippen LogP contribution in [-0.2, 0) is 22.7 Å². The van der Waals surface area contributed by atoms with Crippen molar-refractivity contribution in [2.24, 2.45) is 0 Å². The van der Waals surface area contributed by atoms with Crippen LogP contribution in [-0.4, -0.2) is 41.6 Å². The van der Waals surface area contributed by atoms with Gasteiger partial charge in [0.1, 0.15) is 13.2 Å². The van der Waals surface area contributed by atoms with E-state index in [1.54, 1.807) is 0 Å². The number of aryl methyl sites for hydroxylation is 1. The molecule has 1 aliphatic rings. The number of aromatic nitrogens is 2. The van der Waals surface area contributed by atoms with Crippen molar-refractivity contribution in [3.05, 3.63) is 53.3 Å². The molecule has 1 aliphatic heterocycles. The fourth-order valence-corrected chi connectivity index (χ4v) is 2.94. The van der Waals surface area contributed by atoms with Crippen LogP contribution in [0.15, 0.2) is 36.4 Å². The van der Waals surface area contributed by atoms with Crippen molar-refractivity contribution in [1.29, 1.82) is 0 Å². The molecular formula is C20H25N5O3. The number of rotatable bonds is 7. The Morgan fingerprint density at radius 3 is 2.61 bits per heavy atom. The highest BCUT2D eigenvalue weighted by Crippen LogP contribution is 2.16. The first-order valence-electron chi connectivity index (χ1n) is 9.41. The Bertz CT molecular complexity index is 807. The summed E-state index contributed by atoms with van der Waals surface area (Å²) in [7, 11) is 0. The van der Waals surface area contributed by atoms with Crippen molar-refractivity contribution in [3.8, 4) is 0 Å². The van der Waals surface area contributed by atoms with Gasteiger partial charge in [-0.3, -0.25) is 4.79 Å². The van der Waals surface area contributed by atoms with Crippen molar-refractivity contribution in [2.45, 2.75) is 32.9 Å². The molecule has 0 atom stereocenters. The van der Waals surface area contributed by atoms with E-state index in [4.69, 9.17) is 4.74 Å². The van der Waals surface area contributed by atoms with Crippen LogP contribution in [0.5, 0.6) is 0 Å². The van der Waals surface area contributed by atoms with E-state index in [1.165, 1.54) is 0 Å². The summed E-state index contributed by atoms with van der Waals surface area (Å²) < 4.78 is 5.07. The molecule has 0 spiro atoms. The molecule has 0 radical (unpaired) electrons. The molecule has 0 unspecified atom stereocenters. The van der Waals surface area contributed by atoms with Crippen LogP contribution in [0.2, 0.25) is 0 Å². The summed E-state index contributed by atoms with van der Waals surface area (Å²) in [6.45, 7) is 4.12. The minimum atomic E-state index is -0.631. The maximum atomic E-state index is 12.0. The lowest BCUT2D eigenvalue weighted by atomic mass is 10.2. The van der Waals surface area contributed by atoms with Gasteiger partial charge in [0, 0.05) is 18.8 Å². The van der Waals surface area contributed by atoms with Crippen molar-refractivity contribution in [1.82, 2.24) is 20.6 Å². The molecule has 0 aliphatic carbocycles. The number of hydrogen-bond donors (Lipinski definition) is 2. The summed E-state index contributed by atoms with van der Waals surface area (Å²) in [5, 5.41) is 5.20. The van der Waals surface area contributed by atoms with Gasteiger partial charge in [-0.1, -0.05) is 30.3 Å². The molecule has 2 N–H and O–H groups in total. The summed E-state index contributed by atoms with van der Waals surface area (Å²) >= 11 is 0. The van der Waals surface area contributed by atoms with Gasteiger partial charge in [0.05, 0.1) is 12.2 Å². The van der Waals surface area contributed by atoms with Crippen LogP contribution in [0.3, 0.4) is 0 Å². The fourth-order valence-electron chi connectivity index (χ4n) is 2.94. The van der Waals surface area contributed by atoms with E-state index >= 15 is 0 Å². The number of ether oxygens (including phenoxy) is 1. The predicted octanol–water partition coefficient (Wildman–Crippen LogP) is 1.93. The number of alkyl carbamates (subject to hydrolysis) is 1. The van der Waals surface area contributed by atoms with Gasteiger partial charge in [-0.25, -0.2) is 14.8 Å². The highest BCUT2D eigenvalue weighted by Gasteiger charge is 2.16. The molecule has 2 aromatic rings. The number of nitrogens with zero attached hydrogens (tertiary/aromatic N) is 3. The van der Waals surface area contributed by atoms with Gasteiger partial charge in [-0.2, -0.15) is 0 Å². The van der Waals surface area contributed by atoms with E-state index in [9.17, 15) is 9.59 Å². The Hall–Kier alpha value is -3.16. The second-order valence-corrected chi connectivity index (χ2v) is 6.69. The molecule has 8 heteroatoms. The molecule has 1 aromatic carbocycles. The van der Waals surface area contributed by atoms with Crippen molar-refractivity contribution in [2.75, 3.05) is 24.5 Å². The standard InChI is InChI=1S/C20H25N5O3/c1-15-11-17(24-19(23-15)25-9-5-6-10-25)12-21-18(26)13-22-20(27)28-14-16-7-3-2-4-8-16/h2-4,7-8,11H,5-6,9-10,12-14H2,1H3,(H,21,26)(H,22,27). The van der Waals surface area contributed by atoms with E-state index < -0.39 is 6.09 Å². The van der Waals surface area contributed by atoms with Crippen molar-refractivity contribution in [3.63, 3.8) is 0 Å². The zero-order valence-corrected chi connectivity index (χ0v) is 16.0. The van der Waals surface area contributed by atoms with Crippen LogP contribution in [0, 0.1) is 6.92 Å². The summed E-state index contributed by atoms with van der Waals surface area (Å²) in [5.41, 5.74) is 2.49. The molecule has 28 heavy (non-hydrogen) atoms. The van der Waals surface area contributed by atoms with E-state index in [-0.39, 0.29) is 25.6 Å². The Labute approximate surface area is 164 Å². The van der Waals surface area contributed by atoms with Crippen LogP contribution < -0.4 is 15.5 Å². The number of carbonyl (C=O) groups is 2. The van der Waals surface area contributed by atoms with E-state index in [0.717, 1.165) is 42.9 Å². The zero-order chi connectivity index (χ0) is 19.8. The number of carbonyl (C=O) groups excluding carboxylic acids is 2. The molecule has 1 fully saturated rings. The van der Waals surface area contributed by atoms with Crippen molar-refractivity contribution < 1.29 is 14.3 Å². The normalized spacial score (nSPS) is 13.2. The van der Waals surface area contributed by atoms with Gasteiger partial charge in [0.25, 0.3) is 0 Å². The van der Waals surface area contributed by atoms with Crippen LogP contribution in [0.1, 0.15) is 29.8 Å². The number of nitrogens with one attached hydrogen (secondary N) is 2. The van der Waals surface area contributed by atoms with Crippen LogP contribution >= 0.6 is 0 Å². The number of benzene rings is 1. The molecule has 3 rings (SSSR count). The van der Waals surface area contributed by atoms with E-state index in [2.05, 4.69) is 25.5 Å². The third-order valence-electron chi connectivity index (χ3n) is 4.36. The van der Waals surface area contributed by atoms with Gasteiger partial charge < -0.3 is 20.3 Å². The average Bonchev–Trinajstić information content (AvgIpc) is 3.24. The maximum Gasteiger partial charge on any atom is 0.407 e. The molecule has 0 saturated carbocycles. The Balaban J connectivity index is 1.41. The maximum absolute atomic E-state index is 12.0. The van der Waals surface area contributed by atoms with Crippen LogP contribution in [0.4, 0.5) is 10.7 Å². The summed E-state index contributed by atoms with van der Waals surface area (Å²) in [4.78, 5) is 34.8. The summed E-state index contributed by atoms with van der Waals surface area (Å²) in [5.74, 6) is 0.403. The molecule has 148 valence electrons. The second-order valence-electron chi connectivity index (χ2n) is 6.69. The first-order valence-corrected chi connectivity index (χ1v) is 9.41. The lowest BCUT2D eigenvalue weighted by Gasteiger charge is -2.16. The number of anilines is 1. The van der Waals surface area contributed by atoms with Crippen molar-refractivity contribution >= 4 is 17.9 Å². The molecule has 8 nitrogen and oxygen atoms in total. The Kier molecular flexibility index (Phi) is 6.78. The van der Waals surface area contributed by atoms with Gasteiger partial charge in [0.15, 0.2) is 0 Å². The second kappa shape index (κ2) is 9.68. The number of amides is 2. The zero-order valence-electron chi connectivity index (χ0n) is 16.0. The third-order valence-corrected chi connectivity index (χ3v) is 4.36. The van der Waals surface area contributed by atoms with Gasteiger partial charge >= 0.3 is 6.09 Å². The SMILES string of the molecule is Cc1cc(CNC(=O)CNC(=O)OCc2ccccc2)nc(N2CCCC2)n1. The first kappa shape index (κ1) is 19.6. The topological polar surface area (TPSA) is 96.5 Å². The lowest BCUT2D eigenvalue weighted by Crippen LogP contribution is -2.37. The summed E-state index contributed by atoms with van der Waals surface area (Å²) in [6, 6.07) is 11.2. The number of hydrogen-bond acceptors (Lipinski definition) is 6. The molecule has 0 bridgehead atoms. The first-order chi connectivity index (χ1) is 13.6.